The lowest BCUT2D eigenvalue weighted by Crippen LogP contribution is -2.10. The lowest BCUT2D eigenvalue weighted by molar-refractivity contribution is 0.0726. The normalized spacial score (nSPS) is 11.3. The Morgan fingerprint density at radius 1 is 0.458 bits per heavy atom. The summed E-state index contributed by atoms with van der Waals surface area (Å²) in [4.78, 5) is 35.7. The molecule has 0 aromatic heterocycles. The van der Waals surface area contributed by atoms with Gasteiger partial charge in [-0.25, -0.2) is 9.59 Å². The molecule has 9 heteroatoms. The molecule has 72 heavy (non-hydrogen) atoms. The fourth-order valence-corrected chi connectivity index (χ4v) is 8.39. The van der Waals surface area contributed by atoms with Gasteiger partial charge in [0.05, 0.1) is 35.7 Å². The van der Waals surface area contributed by atoms with Crippen molar-refractivity contribution in [2.24, 2.45) is 9.98 Å². The molecule has 0 saturated carbocycles. The number of aliphatic imine (C=N–C) groups is 2. The molecule has 6 rings (SSSR count). The Morgan fingerprint density at radius 2 is 0.847 bits per heavy atom. The van der Waals surface area contributed by atoms with Crippen LogP contribution in [0.4, 0.5) is 11.4 Å². The highest BCUT2D eigenvalue weighted by atomic mass is 16.5. The number of esters is 2. The lowest BCUT2D eigenvalue weighted by Gasteiger charge is -2.11. The summed E-state index contributed by atoms with van der Waals surface area (Å²) in [6.07, 6.45) is 29.4. The van der Waals surface area contributed by atoms with Crippen LogP contribution in [0, 0.1) is 11.3 Å². The minimum atomic E-state index is -0.615. The Kier molecular flexibility index (Phi) is 23.6. The largest absolute Gasteiger partial charge is 0.494 e. The summed E-state index contributed by atoms with van der Waals surface area (Å²) >= 11 is 0. The summed E-state index contributed by atoms with van der Waals surface area (Å²) in [5.74, 6) is 0.844. The maximum atomic E-state index is 13.3. The number of ether oxygens (including phenoxy) is 4. The summed E-state index contributed by atoms with van der Waals surface area (Å²) in [7, 11) is 0. The first-order valence-corrected chi connectivity index (χ1v) is 26.6. The van der Waals surface area contributed by atoms with Gasteiger partial charge >= 0.3 is 11.9 Å². The predicted octanol–water partition coefficient (Wildman–Crippen LogP) is 17.3. The number of carbonyl (C=O) groups excluding carboxylic acids is 2. The number of carbonyl (C=O) groups is 2. The van der Waals surface area contributed by atoms with E-state index in [4.69, 9.17) is 18.9 Å². The molecule has 0 radical (unpaired) electrons. The smallest absolute Gasteiger partial charge is 0.343 e. The molecule has 0 aliphatic carbocycles. The van der Waals surface area contributed by atoms with E-state index in [1.54, 1.807) is 91.3 Å². The number of hydrogen-bond acceptors (Lipinski definition) is 9. The van der Waals surface area contributed by atoms with Gasteiger partial charge in [0, 0.05) is 17.8 Å². The van der Waals surface area contributed by atoms with Crippen LogP contribution in [0.25, 0.3) is 10.8 Å². The van der Waals surface area contributed by atoms with E-state index in [1.165, 1.54) is 116 Å². The molecule has 0 amide bonds. The molecule has 0 aliphatic rings. The van der Waals surface area contributed by atoms with Crippen molar-refractivity contribution in [3.05, 3.63) is 155 Å². The summed E-state index contributed by atoms with van der Waals surface area (Å²) < 4.78 is 23.4. The second-order valence-corrected chi connectivity index (χ2v) is 18.5. The van der Waals surface area contributed by atoms with Gasteiger partial charge < -0.3 is 18.9 Å². The molecule has 0 N–H and O–H groups in total. The third-order valence-corrected chi connectivity index (χ3v) is 12.7. The average Bonchev–Trinajstić information content (AvgIpc) is 3.41. The second-order valence-electron chi connectivity index (χ2n) is 18.5. The number of fused-ring (bicyclic) bond motifs is 1. The van der Waals surface area contributed by atoms with E-state index >= 15 is 0 Å². The Balaban J connectivity index is 0.924. The van der Waals surface area contributed by atoms with E-state index in [-0.39, 0.29) is 17.1 Å². The van der Waals surface area contributed by atoms with Crippen molar-refractivity contribution in [2.45, 2.75) is 142 Å². The van der Waals surface area contributed by atoms with Crippen LogP contribution >= 0.6 is 0 Å². The van der Waals surface area contributed by atoms with Gasteiger partial charge in [0.25, 0.3) is 0 Å². The van der Waals surface area contributed by atoms with Gasteiger partial charge in [-0.3, -0.25) is 9.98 Å². The monoisotopic (exact) mass is 968 g/mol. The molecular formula is C63H73N3O6. The average molecular weight is 968 g/mol. The summed E-state index contributed by atoms with van der Waals surface area (Å²) in [6, 6.07) is 39.8. The van der Waals surface area contributed by atoms with Crippen molar-refractivity contribution in [1.82, 2.24) is 0 Å². The van der Waals surface area contributed by atoms with Crippen LogP contribution in [0.15, 0.2) is 137 Å². The van der Waals surface area contributed by atoms with Crippen LogP contribution in [-0.2, 0) is 0 Å². The molecule has 0 spiro atoms. The zero-order valence-electron chi connectivity index (χ0n) is 42.6. The van der Waals surface area contributed by atoms with Gasteiger partial charge in [-0.15, -0.1) is 0 Å². The van der Waals surface area contributed by atoms with E-state index in [0.717, 1.165) is 58.8 Å². The van der Waals surface area contributed by atoms with E-state index < -0.39 is 11.9 Å². The van der Waals surface area contributed by atoms with Gasteiger partial charge in [0.2, 0.25) is 0 Å². The number of nitriles is 1. The van der Waals surface area contributed by atoms with E-state index in [2.05, 4.69) is 29.9 Å². The number of nitrogens with zero attached hydrogens (tertiary/aromatic N) is 3. The first-order valence-electron chi connectivity index (χ1n) is 26.6. The van der Waals surface area contributed by atoms with Crippen molar-refractivity contribution in [3.63, 3.8) is 0 Å². The Bertz CT molecular complexity index is 2640. The van der Waals surface area contributed by atoms with E-state index in [9.17, 15) is 14.9 Å². The van der Waals surface area contributed by atoms with Gasteiger partial charge in [0.15, 0.2) is 0 Å². The van der Waals surface area contributed by atoms with Crippen molar-refractivity contribution in [3.8, 4) is 29.1 Å². The molecule has 0 aliphatic heterocycles. The van der Waals surface area contributed by atoms with Crippen LogP contribution in [0.2, 0.25) is 0 Å². The number of rotatable bonds is 32. The highest BCUT2D eigenvalue weighted by molar-refractivity contribution is 5.97. The number of benzene rings is 6. The van der Waals surface area contributed by atoms with Crippen molar-refractivity contribution in [1.29, 1.82) is 5.26 Å². The second kappa shape index (κ2) is 31.3. The zero-order valence-corrected chi connectivity index (χ0v) is 42.6. The van der Waals surface area contributed by atoms with Crippen molar-refractivity contribution in [2.75, 3.05) is 13.2 Å². The third kappa shape index (κ3) is 18.9. The van der Waals surface area contributed by atoms with Gasteiger partial charge in [-0.05, 0) is 120 Å². The van der Waals surface area contributed by atoms with Crippen LogP contribution in [0.1, 0.15) is 180 Å². The van der Waals surface area contributed by atoms with Crippen LogP contribution < -0.4 is 18.9 Å². The fraction of sp³-hybridized carbons (Fsp3) is 0.381. The maximum absolute atomic E-state index is 13.3. The fourth-order valence-electron chi connectivity index (χ4n) is 8.39. The molecule has 0 bridgehead atoms. The quantitative estimate of drug-likeness (QED) is 0.0179. The maximum Gasteiger partial charge on any atom is 0.343 e. The molecular weight excluding hydrogens is 895 g/mol. The summed E-state index contributed by atoms with van der Waals surface area (Å²) in [6.45, 7) is 5.95. The minimum absolute atomic E-state index is 0.0983. The first kappa shape index (κ1) is 54.3. The SMILES string of the molecule is CCCCCCCCCCCCOc1ccc(N=Cc2ccc(C(=O)Oc3ccc4ccc(OC(=O)c5ccc(C=Nc6ccc(OCCCCCCCCCCCC)cc6)cc5)c(C#N)c4c3)cc2)cc1. The van der Waals surface area contributed by atoms with Gasteiger partial charge in [-0.2, -0.15) is 5.26 Å². The Morgan fingerprint density at radius 3 is 1.28 bits per heavy atom. The molecule has 6 aromatic rings. The Hall–Kier alpha value is -7.05. The first-order chi connectivity index (χ1) is 35.4. The molecule has 0 heterocycles. The summed E-state index contributed by atoms with van der Waals surface area (Å²) in [5, 5.41) is 11.4. The highest BCUT2D eigenvalue weighted by Crippen LogP contribution is 2.32. The number of unbranched alkanes of at least 4 members (excludes halogenated alkanes) is 18. The standard InChI is InChI=1S/C63H73N3O6/c1-3-5-7-9-11-13-15-17-19-21-43-69-56-38-33-54(34-39-56)65-47-49-23-27-52(28-24-49)62(67)71-58-37-31-51-32-42-61(60(46-64)59(51)45-58)72-63(68)53-29-25-50(26-30-53)48-66-55-35-40-57(41-36-55)70-44-22-20-18-16-14-12-10-8-6-4-2/h23-42,45,47-48H,3-22,43-44H2,1-2H3. The van der Waals surface area contributed by atoms with Crippen LogP contribution in [-0.4, -0.2) is 37.6 Å². The van der Waals surface area contributed by atoms with Gasteiger partial charge in [-0.1, -0.05) is 166 Å². The van der Waals surface area contributed by atoms with Crippen LogP contribution in [0.5, 0.6) is 23.0 Å². The lowest BCUT2D eigenvalue weighted by atomic mass is 10.0. The molecule has 9 nitrogen and oxygen atoms in total. The Labute approximate surface area is 428 Å². The van der Waals surface area contributed by atoms with E-state index in [1.807, 2.05) is 48.5 Å². The molecule has 0 saturated heterocycles. The molecule has 0 atom stereocenters. The number of hydrogen-bond donors (Lipinski definition) is 0. The van der Waals surface area contributed by atoms with Crippen molar-refractivity contribution >= 4 is 46.5 Å². The van der Waals surface area contributed by atoms with Gasteiger partial charge in [0.1, 0.15) is 34.6 Å². The molecule has 0 fully saturated rings. The minimum Gasteiger partial charge on any atom is -0.494 e. The zero-order chi connectivity index (χ0) is 50.4. The molecule has 376 valence electrons. The van der Waals surface area contributed by atoms with E-state index in [0.29, 0.717) is 23.1 Å². The topological polar surface area (TPSA) is 120 Å². The summed E-state index contributed by atoms with van der Waals surface area (Å²) in [5.41, 5.74) is 4.02. The highest BCUT2D eigenvalue weighted by Gasteiger charge is 2.16. The van der Waals surface area contributed by atoms with Crippen LogP contribution in [0.3, 0.4) is 0 Å². The molecule has 6 aromatic carbocycles. The third-order valence-electron chi connectivity index (χ3n) is 12.7. The predicted molar refractivity (Wildman–Crippen MR) is 294 cm³/mol. The van der Waals surface area contributed by atoms with Crippen molar-refractivity contribution < 1.29 is 28.5 Å². The molecule has 0 unspecified atom stereocenters.